The predicted molar refractivity (Wildman–Crippen MR) is 81.0 cm³/mol. The smallest absolute Gasteiger partial charge is 0.248 e. The second-order valence-corrected chi connectivity index (χ2v) is 5.79. The molecule has 0 spiro atoms. The summed E-state index contributed by atoms with van der Waals surface area (Å²) in [5, 5.41) is 1.35. The number of halogens is 2. The highest BCUT2D eigenvalue weighted by Crippen LogP contribution is 2.32. The first kappa shape index (κ1) is 14.3. The molecule has 19 heavy (non-hydrogen) atoms. The van der Waals surface area contributed by atoms with Crippen LogP contribution in [0.5, 0.6) is 0 Å². The number of hydrogen-bond donors (Lipinski definition) is 1. The Labute approximate surface area is 125 Å². The SMILES string of the molecule is NC(=O)c1ccc(CSc2cc(Cl)ccc2Cl)cc1. The molecule has 0 aliphatic carbocycles. The van der Waals surface area contributed by atoms with E-state index in [-0.39, 0.29) is 0 Å². The van der Waals surface area contributed by atoms with Crippen molar-refractivity contribution in [1.29, 1.82) is 0 Å². The number of hydrogen-bond acceptors (Lipinski definition) is 2. The van der Waals surface area contributed by atoms with Crippen molar-refractivity contribution in [2.45, 2.75) is 10.6 Å². The molecule has 0 radical (unpaired) electrons. The van der Waals surface area contributed by atoms with Gasteiger partial charge in [0.15, 0.2) is 0 Å². The number of thioether (sulfide) groups is 1. The monoisotopic (exact) mass is 311 g/mol. The molecule has 2 aromatic rings. The Morgan fingerprint density at radius 1 is 1.11 bits per heavy atom. The van der Waals surface area contributed by atoms with Crippen molar-refractivity contribution in [2.75, 3.05) is 0 Å². The Bertz CT molecular complexity index is 599. The van der Waals surface area contributed by atoms with Gasteiger partial charge in [-0.05, 0) is 35.9 Å². The number of primary amides is 1. The Morgan fingerprint density at radius 2 is 1.79 bits per heavy atom. The van der Waals surface area contributed by atoms with Gasteiger partial charge in [0.2, 0.25) is 5.91 Å². The highest BCUT2D eigenvalue weighted by molar-refractivity contribution is 7.98. The van der Waals surface area contributed by atoms with Crippen LogP contribution in [0.2, 0.25) is 10.0 Å². The van der Waals surface area contributed by atoms with E-state index in [1.807, 2.05) is 18.2 Å². The fourth-order valence-electron chi connectivity index (χ4n) is 1.51. The summed E-state index contributed by atoms with van der Waals surface area (Å²) in [5.41, 5.74) is 6.79. The molecule has 2 aromatic carbocycles. The van der Waals surface area contributed by atoms with Gasteiger partial charge in [0.1, 0.15) is 0 Å². The third-order valence-corrected chi connectivity index (χ3v) is 4.33. The van der Waals surface area contributed by atoms with Crippen LogP contribution in [0.3, 0.4) is 0 Å². The molecule has 2 nitrogen and oxygen atoms in total. The molecular weight excluding hydrogens is 301 g/mol. The normalized spacial score (nSPS) is 10.4. The molecule has 0 bridgehead atoms. The van der Waals surface area contributed by atoms with Gasteiger partial charge in [-0.1, -0.05) is 35.3 Å². The summed E-state index contributed by atoms with van der Waals surface area (Å²) in [5.74, 6) is 0.330. The lowest BCUT2D eigenvalue weighted by atomic mass is 10.1. The Morgan fingerprint density at radius 3 is 2.42 bits per heavy atom. The van der Waals surface area contributed by atoms with Gasteiger partial charge >= 0.3 is 0 Å². The molecule has 2 N–H and O–H groups in total. The van der Waals surface area contributed by atoms with Crippen molar-refractivity contribution in [2.24, 2.45) is 5.73 Å². The molecular formula is C14H11Cl2NOS. The van der Waals surface area contributed by atoms with Crippen LogP contribution in [-0.4, -0.2) is 5.91 Å². The second kappa shape index (κ2) is 6.33. The van der Waals surface area contributed by atoms with E-state index < -0.39 is 5.91 Å². The second-order valence-electron chi connectivity index (χ2n) is 3.92. The summed E-state index contributed by atoms with van der Waals surface area (Å²) in [7, 11) is 0. The van der Waals surface area contributed by atoms with Gasteiger partial charge < -0.3 is 5.73 Å². The summed E-state index contributed by atoms with van der Waals surface area (Å²) in [4.78, 5) is 11.9. The van der Waals surface area contributed by atoms with E-state index in [2.05, 4.69) is 0 Å². The standard InChI is InChI=1S/C14H11Cl2NOS/c15-11-5-6-12(16)13(7-11)19-8-9-1-3-10(4-2-9)14(17)18/h1-7H,8H2,(H2,17,18). The topological polar surface area (TPSA) is 43.1 Å². The Hall–Kier alpha value is -1.16. The lowest BCUT2D eigenvalue weighted by molar-refractivity contribution is 0.100. The van der Waals surface area contributed by atoms with Gasteiger partial charge in [0.25, 0.3) is 0 Å². The first-order valence-electron chi connectivity index (χ1n) is 5.53. The number of rotatable bonds is 4. The Balaban J connectivity index is 2.06. The molecule has 0 saturated heterocycles. The van der Waals surface area contributed by atoms with E-state index in [4.69, 9.17) is 28.9 Å². The van der Waals surface area contributed by atoms with Crippen molar-refractivity contribution in [3.63, 3.8) is 0 Å². The van der Waals surface area contributed by atoms with Crippen LogP contribution in [0.1, 0.15) is 15.9 Å². The molecule has 0 aliphatic heterocycles. The van der Waals surface area contributed by atoms with E-state index in [0.717, 1.165) is 16.2 Å². The average Bonchev–Trinajstić information content (AvgIpc) is 2.40. The molecule has 98 valence electrons. The van der Waals surface area contributed by atoms with Crippen molar-refractivity contribution in [3.05, 3.63) is 63.6 Å². The quantitative estimate of drug-likeness (QED) is 0.851. The zero-order valence-corrected chi connectivity index (χ0v) is 12.2. The van der Waals surface area contributed by atoms with Crippen LogP contribution < -0.4 is 5.73 Å². The van der Waals surface area contributed by atoms with Crippen LogP contribution in [0, 0.1) is 0 Å². The zero-order chi connectivity index (χ0) is 13.8. The molecule has 0 heterocycles. The van der Waals surface area contributed by atoms with Gasteiger partial charge in [-0.25, -0.2) is 0 Å². The van der Waals surface area contributed by atoms with Crippen LogP contribution in [-0.2, 0) is 5.75 Å². The number of carbonyl (C=O) groups excluding carboxylic acids is 1. The molecule has 0 fully saturated rings. The zero-order valence-electron chi connectivity index (χ0n) is 9.90. The van der Waals surface area contributed by atoms with Crippen molar-refractivity contribution in [3.8, 4) is 0 Å². The number of amides is 1. The maximum atomic E-state index is 11.0. The minimum absolute atomic E-state index is 0.419. The molecule has 0 aromatic heterocycles. The lowest BCUT2D eigenvalue weighted by Crippen LogP contribution is -2.10. The van der Waals surface area contributed by atoms with Gasteiger partial charge in [-0.2, -0.15) is 0 Å². The van der Waals surface area contributed by atoms with E-state index in [9.17, 15) is 4.79 Å². The molecule has 5 heteroatoms. The molecule has 2 rings (SSSR count). The molecule has 0 unspecified atom stereocenters. The van der Waals surface area contributed by atoms with Crippen LogP contribution in [0.25, 0.3) is 0 Å². The highest BCUT2D eigenvalue weighted by atomic mass is 35.5. The van der Waals surface area contributed by atoms with Gasteiger partial charge in [-0.3, -0.25) is 4.79 Å². The third kappa shape index (κ3) is 3.90. The van der Waals surface area contributed by atoms with Crippen LogP contribution >= 0.6 is 35.0 Å². The van der Waals surface area contributed by atoms with Crippen LogP contribution in [0.4, 0.5) is 0 Å². The van der Waals surface area contributed by atoms with Gasteiger partial charge in [-0.15, -0.1) is 11.8 Å². The minimum atomic E-state index is -0.419. The summed E-state index contributed by atoms with van der Waals surface area (Å²) in [6.07, 6.45) is 0. The minimum Gasteiger partial charge on any atom is -0.366 e. The van der Waals surface area contributed by atoms with E-state index in [0.29, 0.717) is 15.6 Å². The Kier molecular flexibility index (Phi) is 4.75. The van der Waals surface area contributed by atoms with E-state index in [1.54, 1.807) is 36.0 Å². The summed E-state index contributed by atoms with van der Waals surface area (Å²) >= 11 is 13.6. The number of carbonyl (C=O) groups is 1. The lowest BCUT2D eigenvalue weighted by Gasteiger charge is -2.05. The van der Waals surface area contributed by atoms with Crippen LogP contribution in [0.15, 0.2) is 47.4 Å². The van der Waals surface area contributed by atoms with Crippen molar-refractivity contribution >= 4 is 40.9 Å². The highest BCUT2D eigenvalue weighted by Gasteiger charge is 2.04. The molecule has 1 amide bonds. The molecule has 0 aliphatic rings. The summed E-state index contributed by atoms with van der Waals surface area (Å²) < 4.78 is 0. The third-order valence-electron chi connectivity index (χ3n) is 2.53. The average molecular weight is 312 g/mol. The predicted octanol–water partition coefficient (Wildman–Crippen LogP) is 4.38. The van der Waals surface area contributed by atoms with Gasteiger partial charge in [0.05, 0.1) is 5.02 Å². The largest absolute Gasteiger partial charge is 0.366 e. The fraction of sp³-hybridized carbons (Fsp3) is 0.0714. The molecule has 0 atom stereocenters. The maximum Gasteiger partial charge on any atom is 0.248 e. The van der Waals surface area contributed by atoms with Crippen molar-refractivity contribution < 1.29 is 4.79 Å². The maximum absolute atomic E-state index is 11.0. The fourth-order valence-corrected chi connectivity index (χ4v) is 2.96. The van der Waals surface area contributed by atoms with Crippen molar-refractivity contribution in [1.82, 2.24) is 0 Å². The first-order chi connectivity index (χ1) is 9.06. The van der Waals surface area contributed by atoms with E-state index in [1.165, 1.54) is 0 Å². The van der Waals surface area contributed by atoms with E-state index >= 15 is 0 Å². The molecule has 0 saturated carbocycles. The number of nitrogens with two attached hydrogens (primary N) is 1. The summed E-state index contributed by atoms with van der Waals surface area (Å²) in [6.45, 7) is 0. The summed E-state index contributed by atoms with van der Waals surface area (Å²) in [6, 6.07) is 12.6. The first-order valence-corrected chi connectivity index (χ1v) is 7.27. The number of benzene rings is 2. The van der Waals surface area contributed by atoms with Gasteiger partial charge in [0, 0.05) is 21.2 Å².